The third kappa shape index (κ3) is 2.04. The summed E-state index contributed by atoms with van der Waals surface area (Å²) in [5.41, 5.74) is 0.647. The van der Waals surface area contributed by atoms with Crippen LogP contribution in [-0.2, 0) is 0 Å². The average molecular weight is 178 g/mol. The van der Waals surface area contributed by atoms with Crippen molar-refractivity contribution < 1.29 is 9.50 Å². The number of hydrogen-bond donors (Lipinski definition) is 1. The van der Waals surface area contributed by atoms with Crippen molar-refractivity contribution in [3.63, 3.8) is 0 Å². The number of benzene rings is 1. The molecule has 1 aromatic rings. The van der Waals surface area contributed by atoms with Crippen LogP contribution in [0.25, 0.3) is 0 Å². The summed E-state index contributed by atoms with van der Waals surface area (Å²) in [6.07, 6.45) is 0. The van der Waals surface area contributed by atoms with Gasteiger partial charge in [-0.3, -0.25) is 0 Å². The fourth-order valence-corrected chi connectivity index (χ4v) is 0.963. The molecule has 0 aliphatic heterocycles. The summed E-state index contributed by atoms with van der Waals surface area (Å²) in [5, 5.41) is 17.2. The number of nitrogens with zero attached hydrogens (tertiary/aromatic N) is 1. The summed E-state index contributed by atoms with van der Waals surface area (Å²) < 4.78 is 13.0. The SMILES string of the molecule is C[C](CO)c1ccc(C#N)c(F)c1. The number of rotatable bonds is 2. The molecule has 0 bridgehead atoms. The Kier molecular flexibility index (Phi) is 2.99. The Bertz CT molecular complexity index is 343. The lowest BCUT2D eigenvalue weighted by molar-refractivity contribution is 0.315. The number of nitriles is 1. The van der Waals surface area contributed by atoms with E-state index in [1.54, 1.807) is 19.1 Å². The minimum absolute atomic E-state index is 0.0227. The summed E-state index contributed by atoms with van der Waals surface area (Å²) in [6, 6.07) is 6.01. The van der Waals surface area contributed by atoms with Crippen LogP contribution < -0.4 is 0 Å². The van der Waals surface area contributed by atoms with Gasteiger partial charge < -0.3 is 5.11 Å². The van der Waals surface area contributed by atoms with Gasteiger partial charge in [0.2, 0.25) is 0 Å². The second-order valence-electron chi connectivity index (χ2n) is 2.74. The fraction of sp³-hybridized carbons (Fsp3) is 0.200. The molecule has 1 N–H and O–H groups in total. The molecule has 0 amide bonds. The van der Waals surface area contributed by atoms with E-state index in [1.807, 2.05) is 0 Å². The highest BCUT2D eigenvalue weighted by Gasteiger charge is 2.08. The van der Waals surface area contributed by atoms with E-state index < -0.39 is 5.82 Å². The van der Waals surface area contributed by atoms with Gasteiger partial charge in [-0.2, -0.15) is 5.26 Å². The molecule has 67 valence electrons. The first-order chi connectivity index (χ1) is 6.19. The topological polar surface area (TPSA) is 44.0 Å². The van der Waals surface area contributed by atoms with E-state index in [0.717, 1.165) is 0 Å². The third-order valence-electron chi connectivity index (χ3n) is 1.82. The average Bonchev–Trinajstić information content (AvgIpc) is 2.16. The van der Waals surface area contributed by atoms with Crippen molar-refractivity contribution in [1.29, 1.82) is 5.26 Å². The molecule has 13 heavy (non-hydrogen) atoms. The molecular weight excluding hydrogens is 169 g/mol. The molecule has 0 atom stereocenters. The minimum Gasteiger partial charge on any atom is -0.395 e. The van der Waals surface area contributed by atoms with Crippen molar-refractivity contribution in [2.45, 2.75) is 6.92 Å². The first-order valence-corrected chi connectivity index (χ1v) is 3.82. The van der Waals surface area contributed by atoms with E-state index in [9.17, 15) is 4.39 Å². The van der Waals surface area contributed by atoms with Gasteiger partial charge in [-0.05, 0) is 17.7 Å². The molecule has 0 unspecified atom stereocenters. The Morgan fingerprint density at radius 2 is 2.31 bits per heavy atom. The van der Waals surface area contributed by atoms with Gasteiger partial charge in [0.05, 0.1) is 12.2 Å². The Morgan fingerprint density at radius 1 is 1.62 bits per heavy atom. The lowest BCUT2D eigenvalue weighted by Crippen LogP contribution is -2.00. The second-order valence-corrected chi connectivity index (χ2v) is 2.74. The predicted molar refractivity (Wildman–Crippen MR) is 46.2 cm³/mol. The van der Waals surface area contributed by atoms with Crippen molar-refractivity contribution in [3.05, 3.63) is 41.1 Å². The van der Waals surface area contributed by atoms with E-state index in [0.29, 0.717) is 11.5 Å². The maximum Gasteiger partial charge on any atom is 0.141 e. The summed E-state index contributed by atoms with van der Waals surface area (Å²) in [6.45, 7) is 1.60. The number of aliphatic hydroxyl groups excluding tert-OH is 1. The van der Waals surface area contributed by atoms with Crippen LogP contribution in [0.15, 0.2) is 18.2 Å². The van der Waals surface area contributed by atoms with Gasteiger partial charge in [0.25, 0.3) is 0 Å². The summed E-state index contributed by atoms with van der Waals surface area (Å²) >= 11 is 0. The van der Waals surface area contributed by atoms with Gasteiger partial charge >= 0.3 is 0 Å². The molecule has 1 rings (SSSR count). The molecule has 0 aliphatic carbocycles. The highest BCUT2D eigenvalue weighted by Crippen LogP contribution is 2.16. The Balaban J connectivity index is 3.04. The Hall–Kier alpha value is -1.40. The van der Waals surface area contributed by atoms with Gasteiger partial charge in [0.1, 0.15) is 11.9 Å². The highest BCUT2D eigenvalue weighted by molar-refractivity contribution is 5.38. The van der Waals surface area contributed by atoms with Crippen LogP contribution in [0.2, 0.25) is 0 Å². The molecule has 3 heteroatoms. The van der Waals surface area contributed by atoms with E-state index in [4.69, 9.17) is 10.4 Å². The predicted octanol–water partition coefficient (Wildman–Crippen LogP) is 1.63. The number of aliphatic hydroxyl groups is 1. The standard InChI is InChI=1S/C10H9FNO/c1-7(6-13)8-2-3-9(5-12)10(11)4-8/h2-4,13H,6H2,1H3. The van der Waals surface area contributed by atoms with E-state index in [-0.39, 0.29) is 12.2 Å². The van der Waals surface area contributed by atoms with Crippen molar-refractivity contribution in [1.82, 2.24) is 0 Å². The Labute approximate surface area is 76.2 Å². The number of hydrogen-bond acceptors (Lipinski definition) is 2. The van der Waals surface area contributed by atoms with Gasteiger partial charge in [0, 0.05) is 5.92 Å². The lowest BCUT2D eigenvalue weighted by atomic mass is 10.0. The summed E-state index contributed by atoms with van der Waals surface area (Å²) in [4.78, 5) is 0. The minimum atomic E-state index is -0.548. The molecular formula is C10H9FNO. The van der Waals surface area contributed by atoms with Crippen molar-refractivity contribution in [2.24, 2.45) is 0 Å². The van der Waals surface area contributed by atoms with Gasteiger partial charge in [0.15, 0.2) is 0 Å². The van der Waals surface area contributed by atoms with Crippen molar-refractivity contribution >= 4 is 0 Å². The molecule has 2 nitrogen and oxygen atoms in total. The van der Waals surface area contributed by atoms with Crippen LogP contribution in [0.5, 0.6) is 0 Å². The maximum atomic E-state index is 13.0. The molecule has 0 saturated heterocycles. The third-order valence-corrected chi connectivity index (χ3v) is 1.82. The quantitative estimate of drug-likeness (QED) is 0.748. The maximum absolute atomic E-state index is 13.0. The molecule has 1 aromatic carbocycles. The van der Waals surface area contributed by atoms with E-state index in [1.165, 1.54) is 12.1 Å². The first kappa shape index (κ1) is 9.69. The fourth-order valence-electron chi connectivity index (χ4n) is 0.963. The van der Waals surface area contributed by atoms with Crippen molar-refractivity contribution in [2.75, 3.05) is 6.61 Å². The molecule has 0 spiro atoms. The van der Waals surface area contributed by atoms with Crippen LogP contribution in [0.3, 0.4) is 0 Å². The zero-order chi connectivity index (χ0) is 9.84. The normalized spacial score (nSPS) is 10.1. The van der Waals surface area contributed by atoms with Crippen LogP contribution >= 0.6 is 0 Å². The number of halogens is 1. The molecule has 0 aliphatic rings. The largest absolute Gasteiger partial charge is 0.395 e. The van der Waals surface area contributed by atoms with E-state index in [2.05, 4.69) is 0 Å². The van der Waals surface area contributed by atoms with E-state index >= 15 is 0 Å². The Morgan fingerprint density at radius 3 is 2.77 bits per heavy atom. The monoisotopic (exact) mass is 178 g/mol. The molecule has 0 aromatic heterocycles. The van der Waals surface area contributed by atoms with Crippen LogP contribution in [-0.4, -0.2) is 11.7 Å². The lowest BCUT2D eigenvalue weighted by Gasteiger charge is -2.07. The zero-order valence-corrected chi connectivity index (χ0v) is 7.21. The van der Waals surface area contributed by atoms with Crippen LogP contribution in [0.1, 0.15) is 18.1 Å². The summed E-state index contributed by atoms with van der Waals surface area (Å²) in [5.74, 6) is 0.135. The highest BCUT2D eigenvalue weighted by atomic mass is 19.1. The van der Waals surface area contributed by atoms with Gasteiger partial charge in [-0.25, -0.2) is 4.39 Å². The van der Waals surface area contributed by atoms with Crippen LogP contribution in [0.4, 0.5) is 4.39 Å². The smallest absolute Gasteiger partial charge is 0.141 e. The molecule has 0 fully saturated rings. The summed E-state index contributed by atoms with van der Waals surface area (Å²) in [7, 11) is 0. The van der Waals surface area contributed by atoms with Crippen LogP contribution in [0, 0.1) is 23.1 Å². The molecule has 1 radical (unpaired) electrons. The first-order valence-electron chi connectivity index (χ1n) is 3.82. The molecule has 0 saturated carbocycles. The van der Waals surface area contributed by atoms with Gasteiger partial charge in [-0.15, -0.1) is 0 Å². The van der Waals surface area contributed by atoms with Gasteiger partial charge in [-0.1, -0.05) is 13.0 Å². The van der Waals surface area contributed by atoms with Crippen molar-refractivity contribution in [3.8, 4) is 6.07 Å². The zero-order valence-electron chi connectivity index (χ0n) is 7.21. The molecule has 0 heterocycles. The second kappa shape index (κ2) is 4.01.